The quantitative estimate of drug-likeness (QED) is 0.798. The second-order valence-corrected chi connectivity index (χ2v) is 5.34. The van der Waals surface area contributed by atoms with Crippen LogP contribution in [0.25, 0.3) is 0 Å². The average Bonchev–Trinajstić information content (AvgIpc) is 2.47. The van der Waals surface area contributed by atoms with Gasteiger partial charge in [-0.2, -0.15) is 0 Å². The topological polar surface area (TPSA) is 40.5 Å². The number of rotatable bonds is 6. The van der Waals surface area contributed by atoms with Crippen molar-refractivity contribution in [1.82, 2.24) is 4.90 Å². The molecule has 3 nitrogen and oxygen atoms in total. The van der Waals surface area contributed by atoms with Crippen LogP contribution in [0.1, 0.15) is 37.7 Å². The van der Waals surface area contributed by atoms with Gasteiger partial charge in [0, 0.05) is 19.5 Å². The maximum Gasteiger partial charge on any atom is 0.198 e. The second kappa shape index (κ2) is 6.83. The number of hydrogen-bond acceptors (Lipinski definition) is 3. The minimum atomic E-state index is -0.658. The molecule has 1 aromatic rings. The van der Waals surface area contributed by atoms with Crippen LogP contribution in [0.4, 0.5) is 0 Å². The molecule has 103 valence electrons. The van der Waals surface area contributed by atoms with Crippen LogP contribution in [0, 0.1) is 0 Å². The van der Waals surface area contributed by atoms with E-state index >= 15 is 0 Å². The van der Waals surface area contributed by atoms with Gasteiger partial charge in [0.2, 0.25) is 0 Å². The fourth-order valence-corrected chi connectivity index (χ4v) is 2.72. The number of hydrogen-bond donors (Lipinski definition) is 1. The number of likely N-dealkylation sites (tertiary alicyclic amines) is 1. The lowest BCUT2D eigenvalue weighted by Crippen LogP contribution is -2.42. The lowest BCUT2D eigenvalue weighted by atomic mass is 9.84. The second-order valence-electron chi connectivity index (χ2n) is 5.34. The van der Waals surface area contributed by atoms with Crippen LogP contribution in [-0.2, 0) is 10.4 Å². The number of nitrogens with zero attached hydrogens (tertiary/aromatic N) is 1. The monoisotopic (exact) mass is 260 g/mol. The Labute approximate surface area is 115 Å². The Morgan fingerprint density at radius 2 is 1.84 bits per heavy atom. The van der Waals surface area contributed by atoms with E-state index in [9.17, 15) is 9.90 Å². The van der Waals surface area contributed by atoms with Gasteiger partial charge in [-0.05, 0) is 37.8 Å². The molecule has 1 aromatic carbocycles. The molecule has 1 radical (unpaired) electrons. The van der Waals surface area contributed by atoms with E-state index in [1.807, 2.05) is 36.6 Å². The maximum absolute atomic E-state index is 10.7. The van der Waals surface area contributed by atoms with E-state index in [4.69, 9.17) is 0 Å². The molecule has 1 aliphatic rings. The first-order chi connectivity index (χ1) is 9.24. The third-order valence-electron chi connectivity index (χ3n) is 4.00. The van der Waals surface area contributed by atoms with Crippen molar-refractivity contribution in [3.05, 3.63) is 35.9 Å². The predicted octanol–water partition coefficient (Wildman–Crippen LogP) is 2.25. The highest BCUT2D eigenvalue weighted by Crippen LogP contribution is 2.32. The lowest BCUT2D eigenvalue weighted by molar-refractivity contribution is -0.0260. The number of carbonyl (C=O) groups excluding carboxylic acids is 1. The summed E-state index contributed by atoms with van der Waals surface area (Å²) in [7, 11) is 0. The summed E-state index contributed by atoms with van der Waals surface area (Å²) in [6, 6.07) is 9.96. The van der Waals surface area contributed by atoms with Crippen molar-refractivity contribution in [3.8, 4) is 0 Å². The van der Waals surface area contributed by atoms with Crippen molar-refractivity contribution in [2.24, 2.45) is 0 Å². The molecule has 3 heteroatoms. The zero-order valence-electron chi connectivity index (χ0n) is 11.3. The summed E-state index contributed by atoms with van der Waals surface area (Å²) in [5, 5.41) is 10.7. The summed E-state index contributed by atoms with van der Waals surface area (Å²) in [5.74, 6) is 0. The summed E-state index contributed by atoms with van der Waals surface area (Å²) >= 11 is 0. The lowest BCUT2D eigenvalue weighted by Gasteiger charge is -2.38. The van der Waals surface area contributed by atoms with Crippen molar-refractivity contribution in [1.29, 1.82) is 0 Å². The molecule has 19 heavy (non-hydrogen) atoms. The van der Waals surface area contributed by atoms with Crippen LogP contribution in [0.5, 0.6) is 0 Å². The fourth-order valence-electron chi connectivity index (χ4n) is 2.72. The van der Waals surface area contributed by atoms with Gasteiger partial charge in [-0.15, -0.1) is 0 Å². The van der Waals surface area contributed by atoms with Gasteiger partial charge in [-0.3, -0.25) is 4.79 Å². The molecule has 0 saturated carbocycles. The van der Waals surface area contributed by atoms with E-state index in [-0.39, 0.29) is 0 Å². The highest BCUT2D eigenvalue weighted by Gasteiger charge is 2.33. The first kappa shape index (κ1) is 14.2. The Bertz CT molecular complexity index is 383. The number of unbranched alkanes of at least 4 members (excludes halogenated alkanes) is 2. The molecule has 1 aliphatic heterocycles. The van der Waals surface area contributed by atoms with Crippen molar-refractivity contribution in [2.75, 3.05) is 19.6 Å². The Hall–Kier alpha value is -1.19. The summed E-state index contributed by atoms with van der Waals surface area (Å²) < 4.78 is 0. The Morgan fingerprint density at radius 3 is 2.47 bits per heavy atom. The molecule has 0 aromatic heterocycles. The van der Waals surface area contributed by atoms with E-state index in [1.165, 1.54) is 0 Å². The van der Waals surface area contributed by atoms with Gasteiger partial charge >= 0.3 is 0 Å². The third-order valence-corrected chi connectivity index (χ3v) is 4.00. The van der Waals surface area contributed by atoms with Gasteiger partial charge in [-0.25, -0.2) is 0 Å². The molecule has 0 atom stereocenters. The highest BCUT2D eigenvalue weighted by atomic mass is 16.3. The third kappa shape index (κ3) is 3.88. The number of benzene rings is 1. The molecule has 2 rings (SSSR count). The van der Waals surface area contributed by atoms with Crippen LogP contribution in [0.2, 0.25) is 0 Å². The maximum atomic E-state index is 10.7. The van der Waals surface area contributed by atoms with Crippen LogP contribution >= 0.6 is 0 Å². The van der Waals surface area contributed by atoms with Gasteiger partial charge in [0.05, 0.1) is 5.60 Å². The Morgan fingerprint density at radius 1 is 1.16 bits per heavy atom. The zero-order chi connectivity index (χ0) is 13.6. The Kier molecular flexibility index (Phi) is 5.11. The smallest absolute Gasteiger partial charge is 0.198 e. The molecule has 0 spiro atoms. The van der Waals surface area contributed by atoms with Crippen LogP contribution in [-0.4, -0.2) is 35.9 Å². The first-order valence-corrected chi connectivity index (χ1v) is 7.10. The van der Waals surface area contributed by atoms with E-state index in [1.54, 1.807) is 0 Å². The molecule has 1 saturated heterocycles. The average molecular weight is 260 g/mol. The molecule has 1 heterocycles. The minimum Gasteiger partial charge on any atom is -0.385 e. The normalized spacial score (nSPS) is 19.2. The summed E-state index contributed by atoms with van der Waals surface area (Å²) in [5.41, 5.74) is 0.374. The summed E-state index contributed by atoms with van der Waals surface area (Å²) in [6.07, 6.45) is 6.01. The standard InChI is InChI=1S/C16H22NO2/c18-14-6-2-5-11-17-12-9-16(19,10-13-17)15-7-3-1-4-8-15/h1,3-4,7-8,19H,2,5-6,9-13H2. The Balaban J connectivity index is 1.80. The predicted molar refractivity (Wildman–Crippen MR) is 75.6 cm³/mol. The summed E-state index contributed by atoms with van der Waals surface area (Å²) in [6.45, 7) is 2.87. The van der Waals surface area contributed by atoms with Crippen molar-refractivity contribution in [3.63, 3.8) is 0 Å². The zero-order valence-corrected chi connectivity index (χ0v) is 11.3. The molecule has 0 aliphatic carbocycles. The molecule has 0 unspecified atom stereocenters. The van der Waals surface area contributed by atoms with Crippen molar-refractivity contribution < 1.29 is 9.90 Å². The van der Waals surface area contributed by atoms with Gasteiger partial charge in [0.1, 0.15) is 0 Å². The van der Waals surface area contributed by atoms with Crippen LogP contribution in [0.15, 0.2) is 30.3 Å². The van der Waals surface area contributed by atoms with E-state index in [0.717, 1.165) is 50.9 Å². The molecule has 1 fully saturated rings. The minimum absolute atomic E-state index is 0.543. The van der Waals surface area contributed by atoms with Gasteiger partial charge in [0.15, 0.2) is 6.29 Å². The van der Waals surface area contributed by atoms with E-state index in [0.29, 0.717) is 6.42 Å². The van der Waals surface area contributed by atoms with Crippen LogP contribution in [0.3, 0.4) is 0 Å². The van der Waals surface area contributed by atoms with Gasteiger partial charge in [-0.1, -0.05) is 30.3 Å². The first-order valence-electron chi connectivity index (χ1n) is 7.10. The number of piperidine rings is 1. The number of aliphatic hydroxyl groups is 1. The van der Waals surface area contributed by atoms with Crippen molar-refractivity contribution in [2.45, 2.75) is 37.7 Å². The molecule has 0 amide bonds. The van der Waals surface area contributed by atoms with Gasteiger partial charge in [0.25, 0.3) is 0 Å². The van der Waals surface area contributed by atoms with Crippen LogP contribution < -0.4 is 0 Å². The molecule has 0 bridgehead atoms. The van der Waals surface area contributed by atoms with E-state index < -0.39 is 5.60 Å². The molecular formula is C16H22NO2. The van der Waals surface area contributed by atoms with Gasteiger partial charge < -0.3 is 10.0 Å². The fraction of sp³-hybridized carbons (Fsp3) is 0.562. The van der Waals surface area contributed by atoms with E-state index in [2.05, 4.69) is 4.90 Å². The SMILES string of the molecule is O=[C]CCCCN1CCC(O)(c2ccccc2)CC1. The summed E-state index contributed by atoms with van der Waals surface area (Å²) in [4.78, 5) is 12.5. The van der Waals surface area contributed by atoms with Crippen molar-refractivity contribution >= 4 is 6.29 Å². The largest absolute Gasteiger partial charge is 0.385 e. The highest BCUT2D eigenvalue weighted by molar-refractivity contribution is 5.50. The molecular weight excluding hydrogens is 238 g/mol. The molecule has 1 N–H and O–H groups in total.